The number of nitro benzene ring substituents is 1. The van der Waals surface area contributed by atoms with Gasteiger partial charge in [0.05, 0.1) is 10.5 Å². The molecule has 0 aromatic heterocycles. The Kier molecular flexibility index (Phi) is 5.78. The van der Waals surface area contributed by atoms with E-state index in [2.05, 4.69) is 11.9 Å². The second-order valence-electron chi connectivity index (χ2n) is 6.59. The normalized spacial score (nSPS) is 11.1. The van der Waals surface area contributed by atoms with Gasteiger partial charge in [-0.15, -0.1) is 0 Å². The monoisotopic (exact) mass is 427 g/mol. The van der Waals surface area contributed by atoms with E-state index in [1.807, 2.05) is 0 Å². The van der Waals surface area contributed by atoms with Gasteiger partial charge in [0.15, 0.2) is 0 Å². The molecule has 0 fully saturated rings. The summed E-state index contributed by atoms with van der Waals surface area (Å²) in [5.74, 6) is -0.652. The molecular weight excluding hydrogens is 411 g/mol. The zero-order valence-electron chi connectivity index (χ0n) is 15.9. The summed E-state index contributed by atoms with van der Waals surface area (Å²) in [6.07, 6.45) is -4.54. The summed E-state index contributed by atoms with van der Waals surface area (Å²) in [5, 5.41) is 13.6. The zero-order valence-corrected chi connectivity index (χ0v) is 15.9. The first kappa shape index (κ1) is 21.6. The summed E-state index contributed by atoms with van der Waals surface area (Å²) in [6, 6.07) is 14.7. The van der Waals surface area contributed by atoms with Crippen molar-refractivity contribution in [2.24, 2.45) is 0 Å². The number of nitrogens with zero attached hydrogens (tertiary/aromatic N) is 1. The molecule has 0 aliphatic rings. The third-order valence-electron chi connectivity index (χ3n) is 4.52. The molecule has 0 heterocycles. The van der Waals surface area contributed by atoms with Crippen molar-refractivity contribution in [1.82, 2.24) is 0 Å². The highest BCUT2D eigenvalue weighted by Gasteiger charge is 2.30. The molecule has 3 aromatic rings. The van der Waals surface area contributed by atoms with Crippen LogP contribution in [0.1, 0.15) is 27.0 Å². The highest BCUT2D eigenvalue weighted by atomic mass is 19.4. The molecule has 1 amide bonds. The number of nitro groups is 1. The van der Waals surface area contributed by atoms with E-state index in [9.17, 15) is 28.1 Å². The largest absolute Gasteiger partial charge is 0.416 e. The van der Waals surface area contributed by atoms with Crippen LogP contribution in [0.25, 0.3) is 5.57 Å². The predicted molar refractivity (Wildman–Crippen MR) is 111 cm³/mol. The van der Waals surface area contributed by atoms with Crippen LogP contribution in [-0.4, -0.2) is 10.8 Å². The van der Waals surface area contributed by atoms with Gasteiger partial charge in [-0.1, -0.05) is 36.9 Å². The van der Waals surface area contributed by atoms with E-state index in [1.54, 1.807) is 18.2 Å². The molecule has 158 valence electrons. The van der Waals surface area contributed by atoms with Crippen molar-refractivity contribution in [2.45, 2.75) is 6.18 Å². The van der Waals surface area contributed by atoms with Crippen LogP contribution in [-0.2, 0) is 6.18 Å². The topological polar surface area (TPSA) is 98.3 Å². The zero-order chi connectivity index (χ0) is 22.8. The van der Waals surface area contributed by atoms with E-state index in [-0.39, 0.29) is 22.6 Å². The summed E-state index contributed by atoms with van der Waals surface area (Å²) in [7, 11) is 0. The van der Waals surface area contributed by atoms with E-state index in [0.29, 0.717) is 16.7 Å². The summed E-state index contributed by atoms with van der Waals surface area (Å²) >= 11 is 0. The van der Waals surface area contributed by atoms with Crippen LogP contribution in [0.15, 0.2) is 73.3 Å². The SMILES string of the molecule is C=C(c1ccc(N)c([N+](=O)[O-])c1)c1ccccc1C(=O)Nc1cccc(C(F)(F)F)c1. The van der Waals surface area contributed by atoms with Crippen molar-refractivity contribution in [2.75, 3.05) is 11.1 Å². The van der Waals surface area contributed by atoms with Crippen LogP contribution in [0.4, 0.5) is 30.2 Å². The Bertz CT molecular complexity index is 1190. The Morgan fingerprint density at radius 2 is 1.68 bits per heavy atom. The maximum absolute atomic E-state index is 12.9. The van der Waals surface area contributed by atoms with E-state index in [4.69, 9.17) is 5.73 Å². The van der Waals surface area contributed by atoms with Gasteiger partial charge in [0.1, 0.15) is 5.69 Å². The molecule has 6 nitrogen and oxygen atoms in total. The second kappa shape index (κ2) is 8.31. The number of hydrogen-bond acceptors (Lipinski definition) is 4. The third kappa shape index (κ3) is 4.72. The van der Waals surface area contributed by atoms with E-state index < -0.39 is 22.6 Å². The lowest BCUT2D eigenvalue weighted by Gasteiger charge is -2.14. The molecule has 3 N–H and O–H groups in total. The van der Waals surface area contributed by atoms with Gasteiger partial charge in [0.2, 0.25) is 0 Å². The fraction of sp³-hybridized carbons (Fsp3) is 0.0455. The van der Waals surface area contributed by atoms with Crippen molar-refractivity contribution in [1.29, 1.82) is 0 Å². The van der Waals surface area contributed by atoms with Crippen molar-refractivity contribution in [3.8, 4) is 0 Å². The van der Waals surface area contributed by atoms with Gasteiger partial charge in [-0.3, -0.25) is 14.9 Å². The van der Waals surface area contributed by atoms with Gasteiger partial charge in [-0.05, 0) is 47.0 Å². The number of halogens is 3. The first-order chi connectivity index (χ1) is 14.6. The number of nitrogen functional groups attached to an aromatic ring is 1. The Morgan fingerprint density at radius 1 is 1.00 bits per heavy atom. The van der Waals surface area contributed by atoms with E-state index in [1.165, 1.54) is 36.4 Å². The minimum atomic E-state index is -4.54. The predicted octanol–water partition coefficient (Wildman–Crippen LogP) is 5.51. The van der Waals surface area contributed by atoms with Crippen LogP contribution in [0.5, 0.6) is 0 Å². The summed E-state index contributed by atoms with van der Waals surface area (Å²) in [4.78, 5) is 23.3. The van der Waals surface area contributed by atoms with Gasteiger partial charge in [-0.25, -0.2) is 0 Å². The molecule has 0 unspecified atom stereocenters. The number of rotatable bonds is 5. The standard InChI is InChI=1S/C22H16F3N3O3/c1-13(14-9-10-19(26)20(11-14)28(30)31)17-7-2-3-8-18(17)21(29)27-16-6-4-5-15(12-16)22(23,24)25/h2-12H,1,26H2,(H,27,29). The molecule has 0 aliphatic heterocycles. The minimum absolute atomic E-state index is 0.0166. The van der Waals surface area contributed by atoms with Gasteiger partial charge >= 0.3 is 6.18 Å². The quantitative estimate of drug-likeness (QED) is 0.319. The fourth-order valence-electron chi connectivity index (χ4n) is 2.96. The first-order valence-electron chi connectivity index (χ1n) is 8.89. The average molecular weight is 427 g/mol. The summed E-state index contributed by atoms with van der Waals surface area (Å²) < 4.78 is 38.8. The second-order valence-corrected chi connectivity index (χ2v) is 6.59. The number of nitrogens with one attached hydrogen (secondary N) is 1. The Labute approximate surface area is 175 Å². The fourth-order valence-corrected chi connectivity index (χ4v) is 2.96. The molecule has 0 atom stereocenters. The number of amides is 1. The Morgan fingerprint density at radius 3 is 2.32 bits per heavy atom. The molecule has 31 heavy (non-hydrogen) atoms. The van der Waals surface area contributed by atoms with Crippen molar-refractivity contribution < 1.29 is 22.9 Å². The van der Waals surface area contributed by atoms with Crippen LogP contribution in [0, 0.1) is 10.1 Å². The van der Waals surface area contributed by atoms with E-state index in [0.717, 1.165) is 12.1 Å². The maximum atomic E-state index is 12.9. The highest BCUT2D eigenvalue weighted by Crippen LogP contribution is 2.32. The number of hydrogen-bond donors (Lipinski definition) is 2. The number of nitrogens with two attached hydrogens (primary N) is 1. The van der Waals surface area contributed by atoms with Crippen LogP contribution in [0.3, 0.4) is 0 Å². The minimum Gasteiger partial charge on any atom is -0.393 e. The van der Waals surface area contributed by atoms with Gasteiger partial charge < -0.3 is 11.1 Å². The number of carbonyl (C=O) groups is 1. The maximum Gasteiger partial charge on any atom is 0.416 e. The lowest BCUT2D eigenvalue weighted by molar-refractivity contribution is -0.383. The first-order valence-corrected chi connectivity index (χ1v) is 8.89. The molecule has 0 bridgehead atoms. The molecule has 0 radical (unpaired) electrons. The van der Waals surface area contributed by atoms with Crippen LogP contribution >= 0.6 is 0 Å². The lowest BCUT2D eigenvalue weighted by Crippen LogP contribution is -2.15. The number of benzene rings is 3. The molecule has 9 heteroatoms. The molecule has 0 aliphatic carbocycles. The molecular formula is C22H16F3N3O3. The summed E-state index contributed by atoms with van der Waals surface area (Å²) in [6.45, 7) is 3.93. The van der Waals surface area contributed by atoms with Crippen LogP contribution < -0.4 is 11.1 Å². The third-order valence-corrected chi connectivity index (χ3v) is 4.52. The molecule has 0 spiro atoms. The average Bonchev–Trinajstić information content (AvgIpc) is 2.73. The number of carbonyl (C=O) groups excluding carboxylic acids is 1. The Balaban J connectivity index is 1.94. The van der Waals surface area contributed by atoms with Gasteiger partial charge in [0.25, 0.3) is 11.6 Å². The lowest BCUT2D eigenvalue weighted by atomic mass is 9.94. The molecule has 3 rings (SSSR count). The van der Waals surface area contributed by atoms with E-state index >= 15 is 0 Å². The number of alkyl halides is 3. The number of anilines is 2. The van der Waals surface area contributed by atoms with Crippen LogP contribution in [0.2, 0.25) is 0 Å². The smallest absolute Gasteiger partial charge is 0.393 e. The van der Waals surface area contributed by atoms with Crippen molar-refractivity contribution in [3.63, 3.8) is 0 Å². The van der Waals surface area contributed by atoms with Gasteiger partial charge in [0, 0.05) is 17.3 Å². The van der Waals surface area contributed by atoms with Gasteiger partial charge in [-0.2, -0.15) is 13.2 Å². The molecule has 0 saturated heterocycles. The highest BCUT2D eigenvalue weighted by molar-refractivity contribution is 6.08. The summed E-state index contributed by atoms with van der Waals surface area (Å²) in [5.41, 5.74) is 5.59. The molecule has 0 saturated carbocycles. The Hall–Kier alpha value is -4.14. The van der Waals surface area contributed by atoms with Crippen molar-refractivity contribution >= 4 is 28.5 Å². The molecule has 3 aromatic carbocycles. The van der Waals surface area contributed by atoms with Crippen molar-refractivity contribution in [3.05, 3.63) is 106 Å².